The van der Waals surface area contributed by atoms with Crippen molar-refractivity contribution in [2.24, 2.45) is 10.8 Å². The van der Waals surface area contributed by atoms with Crippen molar-refractivity contribution >= 4 is 45.1 Å². The molecule has 0 bridgehead atoms. The zero-order valence-electron chi connectivity index (χ0n) is 10.2. The van der Waals surface area contributed by atoms with Gasteiger partial charge < -0.3 is 10.2 Å². The third kappa shape index (κ3) is 2.68. The number of aromatic nitrogens is 1. The number of hydrazone groups is 1. The average molecular weight is 302 g/mol. The molecule has 0 aliphatic heterocycles. The van der Waals surface area contributed by atoms with E-state index in [0.29, 0.717) is 11.5 Å². The van der Waals surface area contributed by atoms with Crippen LogP contribution in [0, 0.1) is 0 Å². The molecule has 1 aromatic carbocycles. The highest BCUT2D eigenvalue weighted by atomic mass is 32.1. The second kappa shape index (κ2) is 5.40. The van der Waals surface area contributed by atoms with Gasteiger partial charge in [0.1, 0.15) is 5.76 Å². The van der Waals surface area contributed by atoms with Crippen molar-refractivity contribution in [3.63, 3.8) is 0 Å². The van der Waals surface area contributed by atoms with Crippen LogP contribution in [-0.2, 0) is 0 Å². The van der Waals surface area contributed by atoms with Gasteiger partial charge in [-0.3, -0.25) is 5.43 Å². The molecule has 0 saturated carbocycles. The second-order valence-electron chi connectivity index (χ2n) is 3.92. The van der Waals surface area contributed by atoms with Crippen LogP contribution in [-0.4, -0.2) is 16.3 Å². The Bertz CT molecular complexity index is 757. The Hall–Kier alpha value is -2.25. The number of benzene rings is 1. The summed E-state index contributed by atoms with van der Waals surface area (Å²) >= 11 is 6.23. The van der Waals surface area contributed by atoms with E-state index < -0.39 is 0 Å². The largest absolute Gasteiger partial charge is 0.453 e. The van der Waals surface area contributed by atoms with E-state index in [0.717, 1.165) is 15.2 Å². The molecule has 0 aliphatic rings. The highest BCUT2D eigenvalue weighted by Crippen LogP contribution is 2.30. The van der Waals surface area contributed by atoms with E-state index in [2.05, 4.69) is 27.7 Å². The molecule has 0 aliphatic carbocycles. The number of hydrogen-bond acceptors (Lipinski definition) is 5. The van der Waals surface area contributed by atoms with Crippen LogP contribution < -0.4 is 11.2 Å². The summed E-state index contributed by atoms with van der Waals surface area (Å²) in [5.41, 5.74) is 8.70. The molecule has 2 heterocycles. The number of para-hydroxylation sites is 1. The number of hydrogen-bond donors (Lipinski definition) is 2. The summed E-state index contributed by atoms with van der Waals surface area (Å²) in [4.78, 5) is 4.53. The first-order valence-corrected chi connectivity index (χ1v) is 6.99. The van der Waals surface area contributed by atoms with Crippen LogP contribution in [0.15, 0.2) is 45.9 Å². The SMILES string of the molecule is NC(=S)NN=Cc1ccc(-c2nc3ccccc3s2)o1. The molecule has 0 fully saturated rings. The van der Waals surface area contributed by atoms with Crippen molar-refractivity contribution in [3.05, 3.63) is 42.2 Å². The van der Waals surface area contributed by atoms with E-state index in [4.69, 9.17) is 10.2 Å². The first-order chi connectivity index (χ1) is 9.72. The van der Waals surface area contributed by atoms with Crippen LogP contribution in [0.4, 0.5) is 0 Å². The Morgan fingerprint density at radius 1 is 1.35 bits per heavy atom. The fourth-order valence-corrected chi connectivity index (χ4v) is 2.65. The minimum absolute atomic E-state index is 0.110. The van der Waals surface area contributed by atoms with Crippen LogP contribution in [0.25, 0.3) is 21.0 Å². The number of rotatable bonds is 3. The lowest BCUT2D eigenvalue weighted by atomic mass is 10.3. The van der Waals surface area contributed by atoms with Crippen LogP contribution in [0.3, 0.4) is 0 Å². The lowest BCUT2D eigenvalue weighted by Crippen LogP contribution is -2.23. The molecule has 7 heteroatoms. The van der Waals surface area contributed by atoms with Crippen molar-refractivity contribution in [3.8, 4) is 10.8 Å². The molecular formula is C13H10N4OS2. The first-order valence-electron chi connectivity index (χ1n) is 5.77. The summed E-state index contributed by atoms with van der Waals surface area (Å²) in [6.45, 7) is 0. The number of furan rings is 1. The Kier molecular flexibility index (Phi) is 3.44. The number of fused-ring (bicyclic) bond motifs is 1. The lowest BCUT2D eigenvalue weighted by molar-refractivity contribution is 0.574. The molecular weight excluding hydrogens is 292 g/mol. The summed E-state index contributed by atoms with van der Waals surface area (Å²) in [6.07, 6.45) is 1.51. The Morgan fingerprint density at radius 3 is 3.00 bits per heavy atom. The number of nitrogens with one attached hydrogen (secondary N) is 1. The molecule has 0 atom stereocenters. The van der Waals surface area contributed by atoms with Gasteiger partial charge in [0.25, 0.3) is 0 Å². The topological polar surface area (TPSA) is 76.4 Å². The highest BCUT2D eigenvalue weighted by molar-refractivity contribution is 7.80. The molecule has 3 rings (SSSR count). The standard InChI is InChI=1S/C13H10N4OS2/c14-13(19)17-15-7-8-5-6-10(18-8)12-16-9-3-1-2-4-11(9)20-12/h1-7H,(H3,14,17,19). The zero-order chi connectivity index (χ0) is 13.9. The minimum Gasteiger partial charge on any atom is -0.453 e. The van der Waals surface area contributed by atoms with Gasteiger partial charge in [-0.1, -0.05) is 12.1 Å². The second-order valence-corrected chi connectivity index (χ2v) is 5.39. The maximum Gasteiger partial charge on any atom is 0.184 e. The lowest BCUT2D eigenvalue weighted by Gasteiger charge is -1.92. The molecule has 5 nitrogen and oxygen atoms in total. The molecule has 2 aromatic heterocycles. The molecule has 0 saturated heterocycles. The molecule has 3 aromatic rings. The quantitative estimate of drug-likeness (QED) is 0.442. The fraction of sp³-hybridized carbons (Fsp3) is 0. The predicted molar refractivity (Wildman–Crippen MR) is 84.8 cm³/mol. The summed E-state index contributed by atoms with van der Waals surface area (Å²) < 4.78 is 6.78. The monoisotopic (exact) mass is 302 g/mol. The number of nitrogens with two attached hydrogens (primary N) is 1. The molecule has 0 spiro atoms. The smallest absolute Gasteiger partial charge is 0.184 e. The number of thiazole rings is 1. The fourth-order valence-electron chi connectivity index (χ4n) is 1.67. The zero-order valence-corrected chi connectivity index (χ0v) is 11.9. The summed E-state index contributed by atoms with van der Waals surface area (Å²) in [5.74, 6) is 1.31. The maximum absolute atomic E-state index is 5.66. The number of thiocarbonyl (C=S) groups is 1. The van der Waals surface area contributed by atoms with Crippen LogP contribution in [0.1, 0.15) is 5.76 Å². The Morgan fingerprint density at radius 2 is 2.20 bits per heavy atom. The third-order valence-corrected chi connectivity index (χ3v) is 3.64. The van der Waals surface area contributed by atoms with E-state index in [1.807, 2.05) is 36.4 Å². The van der Waals surface area contributed by atoms with Crippen molar-refractivity contribution in [1.29, 1.82) is 0 Å². The van der Waals surface area contributed by atoms with Crippen molar-refractivity contribution in [2.45, 2.75) is 0 Å². The van der Waals surface area contributed by atoms with E-state index in [9.17, 15) is 0 Å². The van der Waals surface area contributed by atoms with E-state index in [-0.39, 0.29) is 5.11 Å². The van der Waals surface area contributed by atoms with E-state index in [1.165, 1.54) is 6.21 Å². The summed E-state index contributed by atoms with van der Waals surface area (Å²) in [7, 11) is 0. The normalized spacial score (nSPS) is 11.2. The molecule has 0 amide bonds. The van der Waals surface area contributed by atoms with E-state index in [1.54, 1.807) is 11.3 Å². The molecule has 100 valence electrons. The molecule has 3 N–H and O–H groups in total. The molecule has 20 heavy (non-hydrogen) atoms. The molecule has 0 radical (unpaired) electrons. The highest BCUT2D eigenvalue weighted by Gasteiger charge is 2.09. The van der Waals surface area contributed by atoms with Gasteiger partial charge in [-0.15, -0.1) is 11.3 Å². The Labute approximate surface area is 124 Å². The van der Waals surface area contributed by atoms with Crippen molar-refractivity contribution in [2.75, 3.05) is 0 Å². The van der Waals surface area contributed by atoms with Gasteiger partial charge in [0.05, 0.1) is 16.4 Å². The van der Waals surface area contributed by atoms with Gasteiger partial charge in [0.15, 0.2) is 15.9 Å². The predicted octanol–water partition coefficient (Wildman–Crippen LogP) is 2.72. The average Bonchev–Trinajstić information content (AvgIpc) is 3.03. The van der Waals surface area contributed by atoms with Gasteiger partial charge in [-0.25, -0.2) is 4.98 Å². The Balaban J connectivity index is 1.85. The van der Waals surface area contributed by atoms with Crippen LogP contribution >= 0.6 is 23.6 Å². The van der Waals surface area contributed by atoms with Gasteiger partial charge in [0.2, 0.25) is 0 Å². The van der Waals surface area contributed by atoms with Crippen LogP contribution in [0.5, 0.6) is 0 Å². The minimum atomic E-state index is 0.110. The third-order valence-electron chi connectivity index (χ3n) is 2.50. The number of nitrogens with zero attached hydrogens (tertiary/aromatic N) is 2. The van der Waals surface area contributed by atoms with Gasteiger partial charge in [-0.05, 0) is 36.5 Å². The maximum atomic E-state index is 5.66. The van der Waals surface area contributed by atoms with Gasteiger partial charge >= 0.3 is 0 Å². The molecule has 0 unspecified atom stereocenters. The van der Waals surface area contributed by atoms with E-state index >= 15 is 0 Å². The van der Waals surface area contributed by atoms with Crippen molar-refractivity contribution < 1.29 is 4.42 Å². The summed E-state index contributed by atoms with van der Waals surface area (Å²) in [5, 5.41) is 4.79. The first kappa shape index (κ1) is 12.8. The van der Waals surface area contributed by atoms with Crippen molar-refractivity contribution in [1.82, 2.24) is 10.4 Å². The van der Waals surface area contributed by atoms with Gasteiger partial charge in [0, 0.05) is 0 Å². The summed E-state index contributed by atoms with van der Waals surface area (Å²) in [6, 6.07) is 11.6. The van der Waals surface area contributed by atoms with Gasteiger partial charge in [-0.2, -0.15) is 5.10 Å². The van der Waals surface area contributed by atoms with Crippen LogP contribution in [0.2, 0.25) is 0 Å².